The summed E-state index contributed by atoms with van der Waals surface area (Å²) in [5.41, 5.74) is 1.81. The Balaban J connectivity index is 1.79. The molecule has 0 unspecified atom stereocenters. The number of morpholine rings is 1. The van der Waals surface area contributed by atoms with Gasteiger partial charge in [0.15, 0.2) is 6.54 Å². The normalized spacial score (nSPS) is 16.3. The number of hydrogen-bond donors (Lipinski definition) is 1. The van der Waals surface area contributed by atoms with Crippen molar-refractivity contribution in [1.82, 2.24) is 0 Å². The lowest BCUT2D eigenvalue weighted by atomic mass is 10.1. The van der Waals surface area contributed by atoms with Crippen molar-refractivity contribution in [2.75, 3.05) is 44.4 Å². The first-order chi connectivity index (χ1) is 14.0. The summed E-state index contributed by atoms with van der Waals surface area (Å²) in [6, 6.07) is 5.54. The van der Waals surface area contributed by atoms with E-state index in [1.807, 2.05) is 19.1 Å². The van der Waals surface area contributed by atoms with E-state index in [4.69, 9.17) is 21.1 Å². The summed E-state index contributed by atoms with van der Waals surface area (Å²) in [5, 5.41) is 0.550. The molecule has 1 saturated heterocycles. The van der Waals surface area contributed by atoms with Crippen LogP contribution in [0.2, 0.25) is 5.02 Å². The fraction of sp³-hybridized carbons (Fsp3) is 0.400. The molecule has 3 heterocycles. The van der Waals surface area contributed by atoms with E-state index in [0.717, 1.165) is 32.8 Å². The highest BCUT2D eigenvalue weighted by Crippen LogP contribution is 2.54. The van der Waals surface area contributed by atoms with E-state index >= 15 is 0 Å². The number of halogens is 1. The number of ether oxygens (including phenoxy) is 2. The second-order valence-electron chi connectivity index (χ2n) is 6.87. The van der Waals surface area contributed by atoms with Crippen LogP contribution in [0.1, 0.15) is 22.2 Å². The van der Waals surface area contributed by atoms with Gasteiger partial charge in [-0.05, 0) is 32.0 Å². The van der Waals surface area contributed by atoms with Gasteiger partial charge in [0, 0.05) is 14.8 Å². The molecule has 29 heavy (non-hydrogen) atoms. The van der Waals surface area contributed by atoms with Gasteiger partial charge in [0.05, 0.1) is 41.0 Å². The number of amides is 1. The molecule has 4 rings (SSSR count). The van der Waals surface area contributed by atoms with E-state index in [1.165, 1.54) is 16.2 Å². The molecule has 0 atom stereocenters. The number of anilines is 2. The number of carbonyl (C=O) groups excluding carboxylic acids is 2. The van der Waals surface area contributed by atoms with Crippen LogP contribution in [0.5, 0.6) is 0 Å². The Bertz CT molecular complexity index is 956. The molecule has 154 valence electrons. The first kappa shape index (κ1) is 20.7. The molecule has 2 aromatic rings. The van der Waals surface area contributed by atoms with Gasteiger partial charge in [-0.1, -0.05) is 23.4 Å². The molecule has 2 aliphatic heterocycles. The van der Waals surface area contributed by atoms with Crippen LogP contribution in [-0.4, -0.2) is 51.3 Å². The van der Waals surface area contributed by atoms with Crippen molar-refractivity contribution in [3.8, 4) is 0 Å². The number of quaternary nitrogens is 1. The second-order valence-corrected chi connectivity index (χ2v) is 9.84. The summed E-state index contributed by atoms with van der Waals surface area (Å²) in [6.45, 7) is 7.16. The number of benzene rings is 1. The predicted octanol–water partition coefficient (Wildman–Crippen LogP) is 2.93. The number of esters is 1. The highest BCUT2D eigenvalue weighted by molar-refractivity contribution is 8.01. The number of aryl methyl sites for hydroxylation is 1. The van der Waals surface area contributed by atoms with Crippen molar-refractivity contribution < 1.29 is 24.0 Å². The average molecular weight is 454 g/mol. The van der Waals surface area contributed by atoms with E-state index in [-0.39, 0.29) is 12.5 Å². The minimum absolute atomic E-state index is 0.0599. The topological polar surface area (TPSA) is 60.3 Å². The lowest BCUT2D eigenvalue weighted by Gasteiger charge is -2.32. The van der Waals surface area contributed by atoms with Crippen molar-refractivity contribution in [2.45, 2.75) is 23.0 Å². The molecule has 2 aliphatic rings. The predicted molar refractivity (Wildman–Crippen MR) is 114 cm³/mol. The van der Waals surface area contributed by atoms with Crippen LogP contribution in [0.15, 0.2) is 27.3 Å². The lowest BCUT2D eigenvalue weighted by Crippen LogP contribution is -3.15. The molecule has 0 radical (unpaired) electrons. The smallest absolute Gasteiger partial charge is 0.341 e. The van der Waals surface area contributed by atoms with E-state index in [1.54, 1.807) is 29.7 Å². The number of nitrogens with zero attached hydrogens (tertiary/aromatic N) is 1. The molecule has 0 bridgehead atoms. The Hall–Kier alpha value is -1.58. The highest BCUT2D eigenvalue weighted by atomic mass is 35.5. The van der Waals surface area contributed by atoms with E-state index in [9.17, 15) is 9.59 Å². The van der Waals surface area contributed by atoms with Crippen LogP contribution in [-0.2, 0) is 14.3 Å². The molecular formula is C20H22ClN2O4S2+. The summed E-state index contributed by atoms with van der Waals surface area (Å²) in [4.78, 5) is 30.9. The third kappa shape index (κ3) is 4.04. The summed E-state index contributed by atoms with van der Waals surface area (Å²) >= 11 is 9.34. The molecule has 0 saturated carbocycles. The van der Waals surface area contributed by atoms with Gasteiger partial charge in [-0.2, -0.15) is 0 Å². The zero-order valence-electron chi connectivity index (χ0n) is 16.2. The van der Waals surface area contributed by atoms with Gasteiger partial charge in [-0.25, -0.2) is 4.79 Å². The zero-order chi connectivity index (χ0) is 20.5. The Morgan fingerprint density at radius 3 is 2.79 bits per heavy atom. The van der Waals surface area contributed by atoms with Crippen LogP contribution in [0.3, 0.4) is 0 Å². The van der Waals surface area contributed by atoms with Crippen molar-refractivity contribution in [1.29, 1.82) is 0 Å². The second kappa shape index (κ2) is 8.65. The van der Waals surface area contributed by atoms with Gasteiger partial charge in [0.1, 0.15) is 13.1 Å². The number of fused-ring (bicyclic) bond motifs is 2. The SMILES string of the molecule is CCOC(=O)c1c(C)sc2c1N(C(=O)C[NH+]1CCOCC1)c1cc(Cl)ccc1S2. The Morgan fingerprint density at radius 1 is 1.31 bits per heavy atom. The maximum Gasteiger partial charge on any atom is 0.341 e. The van der Waals surface area contributed by atoms with E-state index in [0.29, 0.717) is 36.0 Å². The van der Waals surface area contributed by atoms with E-state index in [2.05, 4.69) is 0 Å². The number of thiophene rings is 1. The minimum atomic E-state index is -0.398. The Kier molecular flexibility index (Phi) is 6.17. The molecule has 6 nitrogen and oxygen atoms in total. The molecule has 1 N–H and O–H groups in total. The van der Waals surface area contributed by atoms with Gasteiger partial charge in [-0.3, -0.25) is 9.69 Å². The molecular weight excluding hydrogens is 432 g/mol. The maximum absolute atomic E-state index is 13.5. The minimum Gasteiger partial charge on any atom is -0.462 e. The largest absolute Gasteiger partial charge is 0.462 e. The third-order valence-electron chi connectivity index (χ3n) is 4.95. The average Bonchev–Trinajstić information content (AvgIpc) is 3.02. The van der Waals surface area contributed by atoms with E-state index < -0.39 is 5.97 Å². The third-order valence-corrected chi connectivity index (χ3v) is 7.51. The van der Waals surface area contributed by atoms with Gasteiger partial charge in [0.2, 0.25) is 0 Å². The highest BCUT2D eigenvalue weighted by Gasteiger charge is 2.37. The van der Waals surface area contributed by atoms with Crippen molar-refractivity contribution in [3.63, 3.8) is 0 Å². The van der Waals surface area contributed by atoms with Gasteiger partial charge < -0.3 is 14.4 Å². The fourth-order valence-electron chi connectivity index (χ4n) is 3.58. The summed E-state index contributed by atoms with van der Waals surface area (Å²) < 4.78 is 11.6. The van der Waals surface area contributed by atoms with Crippen LogP contribution in [0, 0.1) is 6.92 Å². The first-order valence-electron chi connectivity index (χ1n) is 9.51. The first-order valence-corrected chi connectivity index (χ1v) is 11.5. The van der Waals surface area contributed by atoms with Crippen molar-refractivity contribution in [2.24, 2.45) is 0 Å². The Labute approximate surface area is 182 Å². The van der Waals surface area contributed by atoms with Crippen LogP contribution < -0.4 is 9.80 Å². The quantitative estimate of drug-likeness (QED) is 0.721. The monoisotopic (exact) mass is 453 g/mol. The fourth-order valence-corrected chi connectivity index (χ4v) is 6.29. The molecule has 9 heteroatoms. The number of hydrogen-bond acceptors (Lipinski definition) is 6. The molecule has 1 aromatic carbocycles. The van der Waals surface area contributed by atoms with Crippen molar-refractivity contribution in [3.05, 3.63) is 33.7 Å². The zero-order valence-corrected chi connectivity index (χ0v) is 18.6. The van der Waals surface area contributed by atoms with Crippen LogP contribution in [0.25, 0.3) is 0 Å². The molecule has 1 aromatic heterocycles. The number of rotatable bonds is 4. The van der Waals surface area contributed by atoms with Crippen LogP contribution >= 0.6 is 34.7 Å². The summed E-state index contributed by atoms with van der Waals surface area (Å²) in [7, 11) is 0. The molecule has 0 aliphatic carbocycles. The van der Waals surface area contributed by atoms with Crippen LogP contribution in [0.4, 0.5) is 11.4 Å². The number of carbonyl (C=O) groups is 2. The molecule has 1 amide bonds. The molecule has 0 spiro atoms. The Morgan fingerprint density at radius 2 is 2.07 bits per heavy atom. The van der Waals surface area contributed by atoms with Crippen molar-refractivity contribution >= 4 is 58.0 Å². The van der Waals surface area contributed by atoms with Gasteiger partial charge in [0.25, 0.3) is 5.91 Å². The summed E-state index contributed by atoms with van der Waals surface area (Å²) in [5.74, 6) is -0.458. The number of nitrogens with one attached hydrogen (secondary N) is 1. The summed E-state index contributed by atoms with van der Waals surface area (Å²) in [6.07, 6.45) is 0. The maximum atomic E-state index is 13.5. The van der Waals surface area contributed by atoms with Gasteiger partial charge >= 0.3 is 5.97 Å². The standard InChI is InChI=1S/C20H21ClN2O4S2/c1-3-27-19(25)17-12(2)28-20-18(17)23(14-10-13(21)4-5-15(14)29-20)16(24)11-22-6-8-26-9-7-22/h4-5,10H,3,6-9,11H2,1-2H3/p+1. The molecule has 1 fully saturated rings. The van der Waals surface area contributed by atoms with Gasteiger partial charge in [-0.15, -0.1) is 11.3 Å². The lowest BCUT2D eigenvalue weighted by molar-refractivity contribution is -0.900.